The van der Waals surface area contributed by atoms with Gasteiger partial charge in [-0.05, 0) is 26.0 Å². The number of benzene rings is 1. The quantitative estimate of drug-likeness (QED) is 0.459. The minimum absolute atomic E-state index is 0.0739. The third kappa shape index (κ3) is 5.88. The molecule has 1 aromatic carbocycles. The second kappa shape index (κ2) is 8.50. The van der Waals surface area contributed by atoms with Crippen LogP contribution in [0.5, 0.6) is 5.75 Å². The lowest BCUT2D eigenvalue weighted by molar-refractivity contribution is -0.0699. The first-order valence-electron chi connectivity index (χ1n) is 7.76. The van der Waals surface area contributed by atoms with Crippen LogP contribution in [0.4, 0.5) is 0 Å². The molecule has 1 aliphatic heterocycles. The van der Waals surface area contributed by atoms with E-state index in [9.17, 15) is 0 Å². The molecule has 4 N–H and O–H groups in total. The van der Waals surface area contributed by atoms with E-state index >= 15 is 0 Å². The van der Waals surface area contributed by atoms with Gasteiger partial charge in [0, 0.05) is 25.2 Å². The number of rotatable bonds is 6. The van der Waals surface area contributed by atoms with E-state index in [0.29, 0.717) is 6.61 Å². The highest BCUT2D eigenvalue weighted by Crippen LogP contribution is 2.16. The maximum absolute atomic E-state index is 5.88. The third-order valence-electron chi connectivity index (χ3n) is 3.45. The summed E-state index contributed by atoms with van der Waals surface area (Å²) in [5, 5.41) is 7.42. The van der Waals surface area contributed by atoms with Gasteiger partial charge >= 0.3 is 0 Å². The van der Waals surface area contributed by atoms with Gasteiger partial charge in [0.05, 0.1) is 18.4 Å². The van der Waals surface area contributed by atoms with Crippen LogP contribution in [0.2, 0.25) is 0 Å². The average Bonchev–Trinajstić information content (AvgIpc) is 2.47. The Morgan fingerprint density at radius 1 is 1.30 bits per heavy atom. The van der Waals surface area contributed by atoms with Gasteiger partial charge in [-0.1, -0.05) is 12.1 Å². The first kappa shape index (κ1) is 17.2. The van der Waals surface area contributed by atoms with Crippen LogP contribution < -0.4 is 16.2 Å². The molecule has 0 aromatic heterocycles. The smallest absolute Gasteiger partial charge is 0.211 e. The van der Waals surface area contributed by atoms with Crippen molar-refractivity contribution in [3.63, 3.8) is 0 Å². The van der Waals surface area contributed by atoms with E-state index in [1.807, 2.05) is 24.3 Å². The van der Waals surface area contributed by atoms with Crippen molar-refractivity contribution in [2.75, 3.05) is 26.2 Å². The van der Waals surface area contributed by atoms with E-state index in [4.69, 9.17) is 20.9 Å². The largest absolute Gasteiger partial charge is 0.492 e. The van der Waals surface area contributed by atoms with Gasteiger partial charge in [0.2, 0.25) is 5.96 Å². The van der Waals surface area contributed by atoms with Crippen LogP contribution in [0.1, 0.15) is 19.4 Å². The van der Waals surface area contributed by atoms with Crippen LogP contribution in [-0.4, -0.2) is 55.5 Å². The van der Waals surface area contributed by atoms with Gasteiger partial charge < -0.3 is 20.9 Å². The molecule has 1 aromatic rings. The number of hydrogen-bond acceptors (Lipinski definition) is 5. The molecule has 0 aliphatic carbocycles. The van der Waals surface area contributed by atoms with Crippen molar-refractivity contribution in [3.8, 4) is 5.75 Å². The summed E-state index contributed by atoms with van der Waals surface area (Å²) in [5.74, 6) is 0.687. The number of morpholine rings is 1. The fourth-order valence-electron chi connectivity index (χ4n) is 2.63. The van der Waals surface area contributed by atoms with E-state index in [1.54, 1.807) is 6.21 Å². The second-order valence-corrected chi connectivity index (χ2v) is 5.67. The monoisotopic (exact) mass is 319 g/mol. The van der Waals surface area contributed by atoms with Gasteiger partial charge in [-0.25, -0.2) is 0 Å². The maximum atomic E-state index is 5.88. The molecule has 0 bridgehead atoms. The molecule has 7 nitrogen and oxygen atoms in total. The van der Waals surface area contributed by atoms with Crippen LogP contribution in [0.3, 0.4) is 0 Å². The summed E-state index contributed by atoms with van der Waals surface area (Å²) < 4.78 is 11.6. The Morgan fingerprint density at radius 3 is 2.70 bits per heavy atom. The van der Waals surface area contributed by atoms with E-state index < -0.39 is 0 Å². The highest BCUT2D eigenvalue weighted by molar-refractivity contribution is 5.84. The summed E-state index contributed by atoms with van der Waals surface area (Å²) in [6, 6.07) is 7.64. The first-order valence-corrected chi connectivity index (χ1v) is 7.76. The van der Waals surface area contributed by atoms with E-state index in [1.165, 1.54) is 0 Å². The predicted octanol–water partition coefficient (Wildman–Crippen LogP) is 0.782. The van der Waals surface area contributed by atoms with Crippen molar-refractivity contribution in [2.24, 2.45) is 21.7 Å². The number of nitrogens with two attached hydrogens (primary N) is 2. The zero-order valence-corrected chi connectivity index (χ0v) is 13.7. The highest BCUT2D eigenvalue weighted by Gasteiger charge is 2.21. The Hall–Kier alpha value is -2.12. The number of nitrogens with zero attached hydrogens (tertiary/aromatic N) is 3. The van der Waals surface area contributed by atoms with Crippen molar-refractivity contribution >= 4 is 12.2 Å². The lowest BCUT2D eigenvalue weighted by Crippen LogP contribution is -2.46. The van der Waals surface area contributed by atoms with Crippen LogP contribution in [0.15, 0.2) is 34.5 Å². The minimum atomic E-state index is -0.0739. The summed E-state index contributed by atoms with van der Waals surface area (Å²) in [4.78, 5) is 2.36. The highest BCUT2D eigenvalue weighted by atomic mass is 16.5. The molecule has 2 rings (SSSR count). The zero-order chi connectivity index (χ0) is 16.7. The molecule has 0 amide bonds. The fourth-order valence-corrected chi connectivity index (χ4v) is 2.63. The Bertz CT molecular complexity index is 547. The lowest BCUT2D eigenvalue weighted by Gasteiger charge is -2.35. The topological polar surface area (TPSA) is 98.5 Å². The maximum Gasteiger partial charge on any atom is 0.211 e. The van der Waals surface area contributed by atoms with Gasteiger partial charge in [-0.15, -0.1) is 5.10 Å². The van der Waals surface area contributed by atoms with Crippen molar-refractivity contribution < 1.29 is 9.47 Å². The normalized spacial score (nSPS) is 22.2. The SMILES string of the molecule is CC1CN(CCOc2ccccc2C=NN=C(N)N)CC(C)O1. The fraction of sp³-hybridized carbons (Fsp3) is 0.500. The Labute approximate surface area is 137 Å². The van der Waals surface area contributed by atoms with Gasteiger partial charge in [0.25, 0.3) is 0 Å². The van der Waals surface area contributed by atoms with Gasteiger partial charge in [0.1, 0.15) is 12.4 Å². The van der Waals surface area contributed by atoms with Crippen LogP contribution in [0, 0.1) is 0 Å². The van der Waals surface area contributed by atoms with E-state index in [0.717, 1.165) is 30.9 Å². The predicted molar refractivity (Wildman–Crippen MR) is 91.8 cm³/mol. The van der Waals surface area contributed by atoms with Gasteiger partial charge in [-0.2, -0.15) is 5.10 Å². The van der Waals surface area contributed by atoms with Crippen molar-refractivity contribution in [1.82, 2.24) is 4.90 Å². The molecular weight excluding hydrogens is 294 g/mol. The molecule has 1 saturated heterocycles. The molecule has 1 fully saturated rings. The molecule has 126 valence electrons. The summed E-state index contributed by atoms with van der Waals surface area (Å²) >= 11 is 0. The molecular formula is C16H25N5O2. The number of ether oxygens (including phenoxy) is 2. The minimum Gasteiger partial charge on any atom is -0.492 e. The van der Waals surface area contributed by atoms with Gasteiger partial charge in [0.15, 0.2) is 0 Å². The number of guanidine groups is 1. The van der Waals surface area contributed by atoms with E-state index in [2.05, 4.69) is 29.0 Å². The summed E-state index contributed by atoms with van der Waals surface area (Å²) in [7, 11) is 0. The lowest BCUT2D eigenvalue weighted by atomic mass is 10.2. The average molecular weight is 319 g/mol. The summed E-state index contributed by atoms with van der Waals surface area (Å²) in [6.07, 6.45) is 2.10. The molecule has 7 heteroatoms. The number of hydrogen-bond donors (Lipinski definition) is 2. The van der Waals surface area contributed by atoms with Crippen molar-refractivity contribution in [1.29, 1.82) is 0 Å². The first-order chi connectivity index (χ1) is 11.0. The molecule has 0 saturated carbocycles. The van der Waals surface area contributed by atoms with Crippen molar-refractivity contribution in [3.05, 3.63) is 29.8 Å². The molecule has 2 unspecified atom stereocenters. The van der Waals surface area contributed by atoms with Crippen LogP contribution >= 0.6 is 0 Å². The molecule has 2 atom stereocenters. The van der Waals surface area contributed by atoms with Crippen LogP contribution in [-0.2, 0) is 4.74 Å². The molecule has 1 aliphatic rings. The van der Waals surface area contributed by atoms with E-state index in [-0.39, 0.29) is 18.2 Å². The number of para-hydroxylation sites is 1. The molecule has 1 heterocycles. The molecule has 0 radical (unpaired) electrons. The summed E-state index contributed by atoms with van der Waals surface area (Å²) in [6.45, 7) is 7.52. The second-order valence-electron chi connectivity index (χ2n) is 5.67. The Morgan fingerprint density at radius 2 is 2.00 bits per heavy atom. The van der Waals surface area contributed by atoms with Crippen LogP contribution in [0.25, 0.3) is 0 Å². The third-order valence-corrected chi connectivity index (χ3v) is 3.45. The summed E-state index contributed by atoms with van der Waals surface area (Å²) in [5.41, 5.74) is 11.3. The Balaban J connectivity index is 1.88. The van der Waals surface area contributed by atoms with Gasteiger partial charge in [-0.3, -0.25) is 4.90 Å². The Kier molecular flexibility index (Phi) is 6.37. The van der Waals surface area contributed by atoms with Crippen molar-refractivity contribution in [2.45, 2.75) is 26.1 Å². The standard InChI is InChI=1S/C16H25N5O2/c1-12-10-21(11-13(2)23-12)7-8-22-15-6-4-3-5-14(15)9-19-20-16(17)18/h3-6,9,12-13H,7-8,10-11H2,1-2H3,(H4,17,18,20). The molecule has 0 spiro atoms. The zero-order valence-electron chi connectivity index (χ0n) is 13.7. The molecule has 23 heavy (non-hydrogen) atoms.